The van der Waals surface area contributed by atoms with Crippen LogP contribution in [0.15, 0.2) is 18.2 Å². The van der Waals surface area contributed by atoms with E-state index in [1.165, 1.54) is 5.56 Å². The molecule has 0 saturated heterocycles. The molecule has 1 rings (SSSR count). The summed E-state index contributed by atoms with van der Waals surface area (Å²) in [7, 11) is 0. The van der Waals surface area contributed by atoms with Crippen LogP contribution in [0.3, 0.4) is 0 Å². The van der Waals surface area contributed by atoms with E-state index in [-0.39, 0.29) is 12.6 Å². The van der Waals surface area contributed by atoms with Crippen LogP contribution in [0.25, 0.3) is 0 Å². The smallest absolute Gasteiger partial charge is 0.122 e. The fourth-order valence-corrected chi connectivity index (χ4v) is 1.95. The minimum absolute atomic E-state index is 0.0258. The molecule has 0 aliphatic heterocycles. The standard InChI is InChI=1S/C16H27NO2/c1-11(2)14-7-6-13(5)16(8-14)19-10-15(9-18)17-12(3)4/h6-8,11-12,15,17-18H,9-10H2,1-5H3. The van der Waals surface area contributed by atoms with Gasteiger partial charge in [-0.25, -0.2) is 0 Å². The highest BCUT2D eigenvalue weighted by Crippen LogP contribution is 2.24. The summed E-state index contributed by atoms with van der Waals surface area (Å²) < 4.78 is 5.86. The Morgan fingerprint density at radius 2 is 1.89 bits per heavy atom. The second-order valence-corrected chi connectivity index (χ2v) is 5.69. The highest BCUT2D eigenvalue weighted by atomic mass is 16.5. The maximum Gasteiger partial charge on any atom is 0.122 e. The quantitative estimate of drug-likeness (QED) is 0.796. The van der Waals surface area contributed by atoms with E-state index in [2.05, 4.69) is 51.2 Å². The maximum atomic E-state index is 9.32. The van der Waals surface area contributed by atoms with Crippen LogP contribution >= 0.6 is 0 Å². The lowest BCUT2D eigenvalue weighted by Gasteiger charge is -2.20. The molecule has 2 N–H and O–H groups in total. The molecular weight excluding hydrogens is 238 g/mol. The summed E-state index contributed by atoms with van der Waals surface area (Å²) in [5, 5.41) is 12.6. The van der Waals surface area contributed by atoms with Gasteiger partial charge in [0, 0.05) is 6.04 Å². The molecule has 0 aliphatic rings. The molecule has 3 nitrogen and oxygen atoms in total. The fraction of sp³-hybridized carbons (Fsp3) is 0.625. The van der Waals surface area contributed by atoms with E-state index in [9.17, 15) is 5.11 Å². The summed E-state index contributed by atoms with van der Waals surface area (Å²) in [5.74, 6) is 1.40. The predicted molar refractivity (Wildman–Crippen MR) is 79.9 cm³/mol. The van der Waals surface area contributed by atoms with Gasteiger partial charge >= 0.3 is 0 Å². The molecule has 1 aromatic rings. The number of aliphatic hydroxyl groups is 1. The first-order valence-electron chi connectivity index (χ1n) is 7.04. The minimum atomic E-state index is -0.0258. The van der Waals surface area contributed by atoms with E-state index in [0.717, 1.165) is 11.3 Å². The maximum absolute atomic E-state index is 9.32. The molecule has 108 valence electrons. The van der Waals surface area contributed by atoms with Crippen LogP contribution in [0.2, 0.25) is 0 Å². The molecule has 0 spiro atoms. The van der Waals surface area contributed by atoms with Crippen LogP contribution in [0.1, 0.15) is 44.7 Å². The average molecular weight is 265 g/mol. The number of ether oxygens (including phenoxy) is 1. The lowest BCUT2D eigenvalue weighted by molar-refractivity contribution is 0.176. The first-order chi connectivity index (χ1) is 8.93. The van der Waals surface area contributed by atoms with Crippen molar-refractivity contribution in [3.8, 4) is 5.75 Å². The number of aliphatic hydroxyl groups excluding tert-OH is 1. The second-order valence-electron chi connectivity index (χ2n) is 5.69. The summed E-state index contributed by atoms with van der Waals surface area (Å²) in [5.41, 5.74) is 2.41. The van der Waals surface area contributed by atoms with Gasteiger partial charge in [0.05, 0.1) is 12.6 Å². The van der Waals surface area contributed by atoms with Gasteiger partial charge in [0.25, 0.3) is 0 Å². The molecule has 0 saturated carbocycles. The van der Waals surface area contributed by atoms with E-state index >= 15 is 0 Å². The number of rotatable bonds is 7. The molecule has 1 aromatic carbocycles. The van der Waals surface area contributed by atoms with Crippen molar-refractivity contribution in [1.29, 1.82) is 0 Å². The summed E-state index contributed by atoms with van der Waals surface area (Å²) in [4.78, 5) is 0. The number of aryl methyl sites for hydroxylation is 1. The number of hydrogen-bond acceptors (Lipinski definition) is 3. The first-order valence-corrected chi connectivity index (χ1v) is 7.04. The Balaban J connectivity index is 2.68. The molecule has 19 heavy (non-hydrogen) atoms. The SMILES string of the molecule is Cc1ccc(C(C)C)cc1OCC(CO)NC(C)C. The fourth-order valence-electron chi connectivity index (χ4n) is 1.95. The lowest BCUT2D eigenvalue weighted by atomic mass is 10.0. The van der Waals surface area contributed by atoms with Crippen molar-refractivity contribution < 1.29 is 9.84 Å². The van der Waals surface area contributed by atoms with Crippen LogP contribution in [0.5, 0.6) is 5.75 Å². The first kappa shape index (κ1) is 16.0. The Labute approximate surface area is 117 Å². The molecule has 0 amide bonds. The Kier molecular flexibility index (Phi) is 6.32. The van der Waals surface area contributed by atoms with Crippen LogP contribution in [-0.4, -0.2) is 30.4 Å². The molecule has 0 heterocycles. The zero-order chi connectivity index (χ0) is 14.4. The monoisotopic (exact) mass is 265 g/mol. The number of benzene rings is 1. The van der Waals surface area contributed by atoms with Gasteiger partial charge in [-0.2, -0.15) is 0 Å². The van der Waals surface area contributed by atoms with Crippen molar-refractivity contribution in [2.75, 3.05) is 13.2 Å². The minimum Gasteiger partial charge on any atom is -0.492 e. The Morgan fingerprint density at radius 3 is 2.42 bits per heavy atom. The van der Waals surface area contributed by atoms with Gasteiger partial charge in [-0.05, 0) is 30.0 Å². The number of hydrogen-bond donors (Lipinski definition) is 2. The van der Waals surface area contributed by atoms with Crippen molar-refractivity contribution >= 4 is 0 Å². The van der Waals surface area contributed by atoms with Crippen molar-refractivity contribution in [2.24, 2.45) is 0 Å². The highest BCUT2D eigenvalue weighted by molar-refractivity contribution is 5.37. The largest absolute Gasteiger partial charge is 0.492 e. The second kappa shape index (κ2) is 7.51. The zero-order valence-corrected chi connectivity index (χ0v) is 12.7. The summed E-state index contributed by atoms with van der Waals surface area (Å²) in [6, 6.07) is 6.65. The third kappa shape index (κ3) is 5.21. The average Bonchev–Trinajstić information content (AvgIpc) is 2.35. The normalized spacial score (nSPS) is 13.1. The summed E-state index contributed by atoms with van der Waals surface area (Å²) in [6.07, 6.45) is 0. The van der Waals surface area contributed by atoms with Crippen molar-refractivity contribution in [3.05, 3.63) is 29.3 Å². The van der Waals surface area contributed by atoms with Crippen LogP contribution in [-0.2, 0) is 0 Å². The van der Waals surface area contributed by atoms with E-state index in [4.69, 9.17) is 4.74 Å². The van der Waals surface area contributed by atoms with E-state index in [1.807, 2.05) is 6.92 Å². The number of nitrogens with one attached hydrogen (secondary N) is 1. The molecule has 0 aliphatic carbocycles. The summed E-state index contributed by atoms with van der Waals surface area (Å²) in [6.45, 7) is 11.1. The lowest BCUT2D eigenvalue weighted by Crippen LogP contribution is -2.41. The van der Waals surface area contributed by atoms with Crippen LogP contribution < -0.4 is 10.1 Å². The topological polar surface area (TPSA) is 41.5 Å². The van der Waals surface area contributed by atoms with Crippen molar-refractivity contribution in [3.63, 3.8) is 0 Å². The molecule has 0 radical (unpaired) electrons. The van der Waals surface area contributed by atoms with Crippen molar-refractivity contribution in [1.82, 2.24) is 5.32 Å². The molecular formula is C16H27NO2. The van der Waals surface area contributed by atoms with E-state index in [0.29, 0.717) is 18.6 Å². The molecule has 0 fully saturated rings. The molecule has 0 aromatic heterocycles. The van der Waals surface area contributed by atoms with Gasteiger partial charge in [0.2, 0.25) is 0 Å². The molecule has 1 atom stereocenters. The third-order valence-corrected chi connectivity index (χ3v) is 3.11. The van der Waals surface area contributed by atoms with Gasteiger partial charge in [-0.1, -0.05) is 39.8 Å². The van der Waals surface area contributed by atoms with Crippen LogP contribution in [0, 0.1) is 6.92 Å². The zero-order valence-electron chi connectivity index (χ0n) is 12.7. The highest BCUT2D eigenvalue weighted by Gasteiger charge is 2.11. The van der Waals surface area contributed by atoms with Crippen LogP contribution in [0.4, 0.5) is 0 Å². The molecule has 0 bridgehead atoms. The van der Waals surface area contributed by atoms with E-state index in [1.54, 1.807) is 0 Å². The van der Waals surface area contributed by atoms with Gasteiger partial charge in [0.15, 0.2) is 0 Å². The van der Waals surface area contributed by atoms with Gasteiger partial charge in [-0.15, -0.1) is 0 Å². The predicted octanol–water partition coefficient (Wildman–Crippen LogP) is 2.86. The van der Waals surface area contributed by atoms with Gasteiger partial charge in [-0.3, -0.25) is 0 Å². The van der Waals surface area contributed by atoms with Crippen molar-refractivity contribution in [2.45, 2.75) is 52.6 Å². The van der Waals surface area contributed by atoms with Gasteiger partial charge in [0.1, 0.15) is 12.4 Å². The van der Waals surface area contributed by atoms with E-state index < -0.39 is 0 Å². The molecule has 1 unspecified atom stereocenters. The van der Waals surface area contributed by atoms with Gasteiger partial charge < -0.3 is 15.2 Å². The Hall–Kier alpha value is -1.06. The Bertz CT molecular complexity index is 388. The Morgan fingerprint density at radius 1 is 1.21 bits per heavy atom. The third-order valence-electron chi connectivity index (χ3n) is 3.11. The summed E-state index contributed by atoms with van der Waals surface area (Å²) >= 11 is 0. The molecule has 3 heteroatoms.